The molecule has 0 aliphatic rings. The Balaban J connectivity index is 2.06. The Morgan fingerprint density at radius 2 is 1.93 bits per heavy atom. The molecule has 0 saturated heterocycles. The number of rotatable bonds is 6. The molecule has 0 radical (unpaired) electrons. The molecule has 0 bridgehead atoms. The first kappa shape index (κ1) is 21.2. The Hall–Kier alpha value is -2.12. The van der Waals surface area contributed by atoms with Gasteiger partial charge >= 0.3 is 0 Å². The van der Waals surface area contributed by atoms with Gasteiger partial charge in [-0.25, -0.2) is 14.4 Å². The van der Waals surface area contributed by atoms with Crippen molar-refractivity contribution in [3.63, 3.8) is 0 Å². The van der Waals surface area contributed by atoms with E-state index in [-0.39, 0.29) is 29.0 Å². The molecule has 5 nitrogen and oxygen atoms in total. The lowest BCUT2D eigenvalue weighted by atomic mass is 10.2. The summed E-state index contributed by atoms with van der Waals surface area (Å²) in [5, 5.41) is 2.86. The Kier molecular flexibility index (Phi) is 6.49. The molecule has 1 amide bonds. The van der Waals surface area contributed by atoms with Crippen LogP contribution in [-0.2, 0) is 17.6 Å². The number of hydrogen-bond donors (Lipinski definition) is 1. The third-order valence-corrected chi connectivity index (χ3v) is 9.33. The molecule has 0 saturated carbocycles. The zero-order chi connectivity index (χ0) is 20.2. The van der Waals surface area contributed by atoms with Gasteiger partial charge in [-0.2, -0.15) is 0 Å². The summed E-state index contributed by atoms with van der Waals surface area (Å²) in [6.07, 6.45) is 0. The summed E-state index contributed by atoms with van der Waals surface area (Å²) in [7, 11) is -1.91. The largest absolute Gasteiger partial charge is 0.411 e. The van der Waals surface area contributed by atoms with Gasteiger partial charge in [0.25, 0.3) is 5.91 Å². The molecule has 1 aromatic heterocycles. The molecule has 0 unspecified atom stereocenters. The Morgan fingerprint density at radius 3 is 2.56 bits per heavy atom. The standard InChI is InChI=1S/C20H28FN3O2Si/c1-14-23-17(13-26-27(5,6)20(2,3)4)11-18(24-14)19(25)22-12-15-8-7-9-16(21)10-15/h7-11H,12-13H2,1-6H3,(H,22,25). The van der Waals surface area contributed by atoms with Crippen molar-refractivity contribution in [1.82, 2.24) is 15.3 Å². The number of hydrogen-bond acceptors (Lipinski definition) is 4. The monoisotopic (exact) mass is 389 g/mol. The molecule has 0 spiro atoms. The number of carbonyl (C=O) groups is 1. The van der Waals surface area contributed by atoms with E-state index in [4.69, 9.17) is 4.43 Å². The number of aryl methyl sites for hydroxylation is 1. The van der Waals surface area contributed by atoms with E-state index in [0.717, 1.165) is 0 Å². The van der Waals surface area contributed by atoms with E-state index in [2.05, 4.69) is 49.1 Å². The quantitative estimate of drug-likeness (QED) is 0.745. The van der Waals surface area contributed by atoms with Crippen LogP contribution in [0.1, 0.15) is 48.3 Å². The lowest BCUT2D eigenvalue weighted by Crippen LogP contribution is -2.40. The third-order valence-electron chi connectivity index (χ3n) is 4.85. The Labute approximate surface area is 161 Å². The van der Waals surface area contributed by atoms with Crippen LogP contribution in [0.15, 0.2) is 30.3 Å². The molecule has 0 fully saturated rings. The summed E-state index contributed by atoms with van der Waals surface area (Å²) >= 11 is 0. The Bertz CT molecular complexity index is 819. The summed E-state index contributed by atoms with van der Waals surface area (Å²) in [5.41, 5.74) is 1.66. The van der Waals surface area contributed by atoms with E-state index in [0.29, 0.717) is 23.7 Å². The fourth-order valence-electron chi connectivity index (χ4n) is 2.21. The van der Waals surface area contributed by atoms with Crippen molar-refractivity contribution in [2.24, 2.45) is 0 Å². The zero-order valence-electron chi connectivity index (χ0n) is 16.9. The van der Waals surface area contributed by atoms with Crippen LogP contribution in [0.2, 0.25) is 18.1 Å². The highest BCUT2D eigenvalue weighted by Gasteiger charge is 2.37. The van der Waals surface area contributed by atoms with Crippen molar-refractivity contribution in [3.05, 3.63) is 58.9 Å². The van der Waals surface area contributed by atoms with Crippen LogP contribution in [0.3, 0.4) is 0 Å². The van der Waals surface area contributed by atoms with Crippen molar-refractivity contribution in [2.75, 3.05) is 0 Å². The fourth-order valence-corrected chi connectivity index (χ4v) is 3.15. The highest BCUT2D eigenvalue weighted by atomic mass is 28.4. The fraction of sp³-hybridized carbons (Fsp3) is 0.450. The number of carbonyl (C=O) groups excluding carboxylic acids is 1. The number of halogens is 1. The second kappa shape index (κ2) is 8.27. The number of amides is 1. The first-order chi connectivity index (χ1) is 12.5. The van der Waals surface area contributed by atoms with Crippen LogP contribution in [0, 0.1) is 12.7 Å². The maximum atomic E-state index is 13.2. The molecule has 0 aliphatic heterocycles. The highest BCUT2D eigenvalue weighted by Crippen LogP contribution is 2.36. The van der Waals surface area contributed by atoms with Crippen LogP contribution in [0.5, 0.6) is 0 Å². The lowest BCUT2D eigenvalue weighted by molar-refractivity contribution is 0.0945. The second-order valence-electron chi connectivity index (χ2n) is 8.15. The zero-order valence-corrected chi connectivity index (χ0v) is 17.9. The minimum absolute atomic E-state index is 0.0975. The molecule has 7 heteroatoms. The molecule has 146 valence electrons. The number of nitrogens with zero attached hydrogens (tertiary/aromatic N) is 2. The summed E-state index contributed by atoms with van der Waals surface area (Å²) in [4.78, 5) is 21.0. The van der Waals surface area contributed by atoms with Crippen molar-refractivity contribution in [2.45, 2.75) is 59.0 Å². The van der Waals surface area contributed by atoms with Crippen molar-refractivity contribution < 1.29 is 13.6 Å². The molecular formula is C20H28FN3O2Si. The van der Waals surface area contributed by atoms with E-state index in [1.165, 1.54) is 12.1 Å². The molecule has 1 aromatic carbocycles. The van der Waals surface area contributed by atoms with Gasteiger partial charge < -0.3 is 9.74 Å². The summed E-state index contributed by atoms with van der Waals surface area (Å²) in [6, 6.07) is 7.79. The maximum Gasteiger partial charge on any atom is 0.270 e. The molecule has 2 aromatic rings. The van der Waals surface area contributed by atoms with E-state index >= 15 is 0 Å². The average molecular weight is 390 g/mol. The van der Waals surface area contributed by atoms with E-state index < -0.39 is 8.32 Å². The van der Waals surface area contributed by atoms with Gasteiger partial charge in [-0.1, -0.05) is 32.9 Å². The summed E-state index contributed by atoms with van der Waals surface area (Å²) < 4.78 is 19.4. The predicted octanol–water partition coefficient (Wildman–Crippen LogP) is 4.38. The molecule has 1 N–H and O–H groups in total. The van der Waals surface area contributed by atoms with Crippen LogP contribution in [0.4, 0.5) is 4.39 Å². The lowest BCUT2D eigenvalue weighted by Gasteiger charge is -2.36. The highest BCUT2D eigenvalue weighted by molar-refractivity contribution is 6.74. The van der Waals surface area contributed by atoms with Crippen LogP contribution in [0.25, 0.3) is 0 Å². The minimum Gasteiger partial charge on any atom is -0.411 e. The van der Waals surface area contributed by atoms with E-state index in [1.54, 1.807) is 25.1 Å². The number of aromatic nitrogens is 2. The van der Waals surface area contributed by atoms with Crippen LogP contribution < -0.4 is 5.32 Å². The second-order valence-corrected chi connectivity index (χ2v) is 13.0. The molecule has 1 heterocycles. The predicted molar refractivity (Wildman–Crippen MR) is 106 cm³/mol. The van der Waals surface area contributed by atoms with Gasteiger partial charge in [-0.05, 0) is 48.8 Å². The van der Waals surface area contributed by atoms with Gasteiger partial charge in [0.05, 0.1) is 12.3 Å². The van der Waals surface area contributed by atoms with Crippen molar-refractivity contribution in [1.29, 1.82) is 0 Å². The van der Waals surface area contributed by atoms with Crippen LogP contribution in [-0.4, -0.2) is 24.2 Å². The Morgan fingerprint density at radius 1 is 1.22 bits per heavy atom. The molecule has 2 rings (SSSR count). The molecule has 0 atom stereocenters. The molecular weight excluding hydrogens is 361 g/mol. The third kappa shape index (κ3) is 5.94. The average Bonchev–Trinajstić information content (AvgIpc) is 2.56. The van der Waals surface area contributed by atoms with Crippen molar-refractivity contribution in [3.8, 4) is 0 Å². The maximum absolute atomic E-state index is 13.2. The van der Waals surface area contributed by atoms with E-state index in [9.17, 15) is 9.18 Å². The number of benzene rings is 1. The van der Waals surface area contributed by atoms with Gasteiger partial charge in [0, 0.05) is 6.54 Å². The van der Waals surface area contributed by atoms with Crippen LogP contribution >= 0.6 is 0 Å². The molecule has 27 heavy (non-hydrogen) atoms. The van der Waals surface area contributed by atoms with Gasteiger partial charge in [0.1, 0.15) is 17.3 Å². The van der Waals surface area contributed by atoms with Gasteiger partial charge in [-0.15, -0.1) is 0 Å². The minimum atomic E-state index is -1.91. The van der Waals surface area contributed by atoms with Gasteiger partial charge in [-0.3, -0.25) is 4.79 Å². The topological polar surface area (TPSA) is 64.1 Å². The van der Waals surface area contributed by atoms with Crippen molar-refractivity contribution >= 4 is 14.2 Å². The SMILES string of the molecule is Cc1nc(CO[Si](C)(C)C(C)(C)C)cc(C(=O)NCc2cccc(F)c2)n1. The summed E-state index contributed by atoms with van der Waals surface area (Å²) in [5.74, 6) is -0.134. The van der Waals surface area contributed by atoms with Gasteiger partial charge in [0.2, 0.25) is 0 Å². The van der Waals surface area contributed by atoms with E-state index in [1.807, 2.05) is 0 Å². The first-order valence-corrected chi connectivity index (χ1v) is 11.9. The van der Waals surface area contributed by atoms with Gasteiger partial charge in [0.15, 0.2) is 8.32 Å². The molecule has 0 aliphatic carbocycles. The summed E-state index contributed by atoms with van der Waals surface area (Å²) in [6.45, 7) is 13.2. The number of nitrogens with one attached hydrogen (secondary N) is 1. The smallest absolute Gasteiger partial charge is 0.270 e. The normalized spacial score (nSPS) is 12.1. The first-order valence-electron chi connectivity index (χ1n) is 8.99.